The number of aryl methyl sites for hydroxylation is 1. The lowest BCUT2D eigenvalue weighted by molar-refractivity contribution is -0.118. The van der Waals surface area contributed by atoms with E-state index in [0.29, 0.717) is 22.7 Å². The second-order valence-electron chi connectivity index (χ2n) is 7.95. The number of nitrogens with one attached hydrogen (secondary N) is 1. The number of esters is 2. The SMILES string of the molecule is COC(=O)c1c(-c2ccccc2OCC(=O)Nc2ccccc2C)nn(-c2ccccc2)c1C(=O)OC. The number of benzene rings is 3. The fourth-order valence-corrected chi connectivity index (χ4v) is 3.77. The number of hydrogen-bond acceptors (Lipinski definition) is 7. The number of methoxy groups -OCH3 is 2. The Kier molecular flexibility index (Phi) is 7.63. The Bertz CT molecular complexity index is 1450. The second-order valence-corrected chi connectivity index (χ2v) is 7.95. The molecule has 9 nitrogen and oxygen atoms in total. The number of rotatable bonds is 8. The van der Waals surface area contributed by atoms with Crippen molar-refractivity contribution in [1.82, 2.24) is 9.78 Å². The Morgan fingerprint density at radius 2 is 1.49 bits per heavy atom. The van der Waals surface area contributed by atoms with E-state index in [1.54, 1.807) is 54.6 Å². The standard InChI is InChI=1S/C28H25N3O6/c1-18-11-7-9-15-21(18)29-23(32)17-37-22-16-10-8-14-20(22)25-24(27(33)35-2)26(28(34)36-3)31(30-25)19-12-5-4-6-13-19/h4-16H,17H2,1-3H3,(H,29,32). The molecule has 4 aromatic rings. The van der Waals surface area contributed by atoms with E-state index in [9.17, 15) is 14.4 Å². The van der Waals surface area contributed by atoms with Gasteiger partial charge in [0.15, 0.2) is 12.3 Å². The summed E-state index contributed by atoms with van der Waals surface area (Å²) in [5.74, 6) is -1.60. The number of hydrogen-bond donors (Lipinski definition) is 1. The average Bonchev–Trinajstić information content (AvgIpc) is 3.33. The number of anilines is 1. The van der Waals surface area contributed by atoms with Crippen LogP contribution < -0.4 is 10.1 Å². The largest absolute Gasteiger partial charge is 0.483 e. The van der Waals surface area contributed by atoms with E-state index in [-0.39, 0.29) is 29.5 Å². The van der Waals surface area contributed by atoms with Crippen molar-refractivity contribution in [3.63, 3.8) is 0 Å². The van der Waals surface area contributed by atoms with E-state index in [1.165, 1.54) is 18.9 Å². The van der Waals surface area contributed by atoms with Crippen molar-refractivity contribution < 1.29 is 28.6 Å². The van der Waals surface area contributed by atoms with Gasteiger partial charge in [-0.1, -0.05) is 48.5 Å². The monoisotopic (exact) mass is 499 g/mol. The normalized spacial score (nSPS) is 10.5. The molecule has 0 unspecified atom stereocenters. The molecule has 1 heterocycles. The van der Waals surface area contributed by atoms with E-state index in [4.69, 9.17) is 14.2 Å². The highest BCUT2D eigenvalue weighted by atomic mass is 16.5. The van der Waals surface area contributed by atoms with Gasteiger partial charge in [-0.25, -0.2) is 14.3 Å². The maximum absolute atomic E-state index is 12.9. The first kappa shape index (κ1) is 25.2. The van der Waals surface area contributed by atoms with Crippen molar-refractivity contribution >= 4 is 23.5 Å². The zero-order chi connectivity index (χ0) is 26.4. The predicted molar refractivity (Wildman–Crippen MR) is 137 cm³/mol. The Morgan fingerprint density at radius 3 is 2.19 bits per heavy atom. The Balaban J connectivity index is 1.75. The molecule has 37 heavy (non-hydrogen) atoms. The summed E-state index contributed by atoms with van der Waals surface area (Å²) in [7, 11) is 2.43. The van der Waals surface area contributed by atoms with Crippen LogP contribution in [0.2, 0.25) is 0 Å². The van der Waals surface area contributed by atoms with Gasteiger partial charge in [-0.05, 0) is 42.8 Å². The van der Waals surface area contributed by atoms with Crippen molar-refractivity contribution in [2.75, 3.05) is 26.1 Å². The van der Waals surface area contributed by atoms with Crippen molar-refractivity contribution in [3.8, 4) is 22.7 Å². The van der Waals surface area contributed by atoms with E-state index < -0.39 is 11.9 Å². The smallest absolute Gasteiger partial charge is 0.357 e. The Labute approximate surface area is 213 Å². The van der Waals surface area contributed by atoms with Crippen LogP contribution in [0.3, 0.4) is 0 Å². The maximum atomic E-state index is 12.9. The highest BCUT2D eigenvalue weighted by Gasteiger charge is 2.32. The summed E-state index contributed by atoms with van der Waals surface area (Å²) in [5.41, 5.74) is 2.50. The first-order chi connectivity index (χ1) is 17.9. The second kappa shape index (κ2) is 11.2. The lowest BCUT2D eigenvalue weighted by atomic mass is 10.0. The van der Waals surface area contributed by atoms with E-state index in [2.05, 4.69) is 10.4 Å². The van der Waals surface area contributed by atoms with Crippen LogP contribution in [0.5, 0.6) is 5.75 Å². The van der Waals surface area contributed by atoms with Crippen LogP contribution >= 0.6 is 0 Å². The minimum atomic E-state index is -0.773. The lowest BCUT2D eigenvalue weighted by Gasteiger charge is -2.12. The molecule has 3 aromatic carbocycles. The average molecular weight is 500 g/mol. The van der Waals surface area contributed by atoms with Crippen LogP contribution in [0.1, 0.15) is 26.4 Å². The minimum Gasteiger partial charge on any atom is -0.483 e. The molecule has 0 atom stereocenters. The van der Waals surface area contributed by atoms with Crippen molar-refractivity contribution in [1.29, 1.82) is 0 Å². The number of carbonyl (C=O) groups excluding carboxylic acids is 3. The van der Waals surface area contributed by atoms with Gasteiger partial charge < -0.3 is 19.5 Å². The molecule has 0 spiro atoms. The van der Waals surface area contributed by atoms with Crippen molar-refractivity contribution in [2.45, 2.75) is 6.92 Å². The van der Waals surface area contributed by atoms with Gasteiger partial charge in [0.2, 0.25) is 0 Å². The van der Waals surface area contributed by atoms with Crippen LogP contribution in [0.25, 0.3) is 16.9 Å². The number of para-hydroxylation sites is 3. The third kappa shape index (κ3) is 5.35. The molecule has 9 heteroatoms. The highest BCUT2D eigenvalue weighted by Crippen LogP contribution is 2.35. The molecule has 0 aliphatic heterocycles. The maximum Gasteiger partial charge on any atom is 0.357 e. The fraction of sp³-hybridized carbons (Fsp3) is 0.143. The summed E-state index contributed by atoms with van der Waals surface area (Å²) >= 11 is 0. The summed E-state index contributed by atoms with van der Waals surface area (Å²) in [4.78, 5) is 38.3. The molecule has 188 valence electrons. The first-order valence-electron chi connectivity index (χ1n) is 11.4. The van der Waals surface area contributed by atoms with E-state index >= 15 is 0 Å². The number of amides is 1. The lowest BCUT2D eigenvalue weighted by Crippen LogP contribution is -2.20. The molecule has 0 aliphatic carbocycles. The third-order valence-corrected chi connectivity index (χ3v) is 5.57. The quantitative estimate of drug-likeness (QED) is 0.357. The number of carbonyl (C=O) groups is 3. The summed E-state index contributed by atoms with van der Waals surface area (Å²) in [6.07, 6.45) is 0. The molecule has 1 amide bonds. The molecular weight excluding hydrogens is 474 g/mol. The molecule has 1 aromatic heterocycles. The number of nitrogens with zero attached hydrogens (tertiary/aromatic N) is 2. The first-order valence-corrected chi connectivity index (χ1v) is 11.4. The van der Waals surface area contributed by atoms with Crippen LogP contribution in [0.4, 0.5) is 5.69 Å². The third-order valence-electron chi connectivity index (χ3n) is 5.57. The van der Waals surface area contributed by atoms with Crippen LogP contribution in [0, 0.1) is 6.92 Å². The molecule has 0 aliphatic rings. The Morgan fingerprint density at radius 1 is 0.838 bits per heavy atom. The molecule has 0 bridgehead atoms. The molecule has 0 saturated carbocycles. The van der Waals surface area contributed by atoms with E-state index in [0.717, 1.165) is 5.56 Å². The van der Waals surface area contributed by atoms with Gasteiger partial charge in [0.05, 0.1) is 19.9 Å². The number of ether oxygens (including phenoxy) is 3. The zero-order valence-electron chi connectivity index (χ0n) is 20.6. The molecular formula is C28H25N3O6. The van der Waals surface area contributed by atoms with Gasteiger partial charge in [-0.3, -0.25) is 4.79 Å². The van der Waals surface area contributed by atoms with Gasteiger partial charge in [0.1, 0.15) is 17.0 Å². The predicted octanol–water partition coefficient (Wildman–Crippen LogP) is 4.44. The molecule has 0 fully saturated rings. The van der Waals surface area contributed by atoms with Crippen molar-refractivity contribution in [3.05, 3.63) is 95.7 Å². The summed E-state index contributed by atoms with van der Waals surface area (Å²) in [6.45, 7) is 1.60. The van der Waals surface area contributed by atoms with Crippen LogP contribution in [0.15, 0.2) is 78.9 Å². The summed E-state index contributed by atoms with van der Waals surface area (Å²) in [5, 5.41) is 7.41. The topological polar surface area (TPSA) is 109 Å². The molecule has 0 radical (unpaired) electrons. The van der Waals surface area contributed by atoms with Gasteiger partial charge in [-0.2, -0.15) is 5.10 Å². The minimum absolute atomic E-state index is 0.0846. The Hall–Kier alpha value is -4.92. The van der Waals surface area contributed by atoms with Gasteiger partial charge in [0, 0.05) is 11.3 Å². The summed E-state index contributed by atoms with van der Waals surface area (Å²) in [6, 6.07) is 23.0. The van der Waals surface area contributed by atoms with Gasteiger partial charge in [-0.15, -0.1) is 0 Å². The van der Waals surface area contributed by atoms with Crippen molar-refractivity contribution in [2.24, 2.45) is 0 Å². The number of aromatic nitrogens is 2. The molecule has 1 N–H and O–H groups in total. The molecule has 0 saturated heterocycles. The molecule has 4 rings (SSSR count). The van der Waals surface area contributed by atoms with Gasteiger partial charge >= 0.3 is 11.9 Å². The fourth-order valence-electron chi connectivity index (χ4n) is 3.77. The van der Waals surface area contributed by atoms with Crippen LogP contribution in [-0.2, 0) is 14.3 Å². The van der Waals surface area contributed by atoms with E-state index in [1.807, 2.05) is 31.2 Å². The zero-order valence-corrected chi connectivity index (χ0v) is 20.6. The van der Waals surface area contributed by atoms with Crippen LogP contribution in [-0.4, -0.2) is 48.5 Å². The van der Waals surface area contributed by atoms with Gasteiger partial charge in [0.25, 0.3) is 5.91 Å². The highest BCUT2D eigenvalue weighted by molar-refractivity contribution is 6.07. The summed E-state index contributed by atoms with van der Waals surface area (Å²) < 4.78 is 17.1.